The number of amides is 1. The Bertz CT molecular complexity index is 1450. The molecule has 1 heterocycles. The number of aliphatic hydroxyl groups excluding tert-OH is 1. The van der Waals surface area contributed by atoms with E-state index in [2.05, 4.69) is 22.1 Å². The molecule has 4 aromatic rings. The Hall–Kier alpha value is -3.72. The van der Waals surface area contributed by atoms with Gasteiger partial charge in [-0.1, -0.05) is 41.6 Å². The predicted octanol–water partition coefficient (Wildman–Crippen LogP) is 5.65. The first-order valence-corrected chi connectivity index (χ1v) is 12.3. The fourth-order valence-corrected chi connectivity index (χ4v) is 4.12. The van der Waals surface area contributed by atoms with Gasteiger partial charge in [-0.3, -0.25) is 4.79 Å². The fraction of sp³-hybridized carbons (Fsp3) is 0.233. The Morgan fingerprint density at radius 1 is 1.08 bits per heavy atom. The number of nitrogens with one attached hydrogen (secondary N) is 2. The Morgan fingerprint density at radius 3 is 2.53 bits per heavy atom. The van der Waals surface area contributed by atoms with Crippen molar-refractivity contribution in [2.75, 3.05) is 6.61 Å². The average molecular weight is 501 g/mol. The number of ether oxygens (including phenoxy) is 1. The zero-order valence-electron chi connectivity index (χ0n) is 20.6. The van der Waals surface area contributed by atoms with Crippen LogP contribution < -0.4 is 10.1 Å². The number of carbonyl (C=O) groups excluding carboxylic acids is 1. The van der Waals surface area contributed by atoms with Crippen LogP contribution in [0.15, 0.2) is 66.9 Å². The summed E-state index contributed by atoms with van der Waals surface area (Å²) in [6.07, 6.45) is 2.30. The lowest BCUT2D eigenvalue weighted by molar-refractivity contribution is 0.0910. The summed E-state index contributed by atoms with van der Waals surface area (Å²) >= 11 is 6.11. The van der Waals surface area contributed by atoms with E-state index in [1.54, 1.807) is 12.1 Å². The molecule has 1 aromatic heterocycles. The second kappa shape index (κ2) is 11.3. The molecule has 0 saturated heterocycles. The Balaban J connectivity index is 1.58. The standard InChI is InChI=1S/C30H29ClN2O3/c1-19(2)36-29-13-11-22(9-8-21-10-12-27(31)20(3)14-21)15-26(29)30(35)33-24(18-34)16-23-17-32-28-7-5-4-6-25(23)28/h4-7,10-15,17,19,24,32,34H,16,18H2,1-3H3,(H,33,35)/t24-/m1/s1. The highest BCUT2D eigenvalue weighted by Gasteiger charge is 2.19. The molecule has 5 nitrogen and oxygen atoms in total. The van der Waals surface area contributed by atoms with Crippen molar-refractivity contribution in [1.29, 1.82) is 0 Å². The molecule has 36 heavy (non-hydrogen) atoms. The number of aryl methyl sites for hydroxylation is 1. The molecule has 1 atom stereocenters. The van der Waals surface area contributed by atoms with Crippen molar-refractivity contribution in [2.45, 2.75) is 39.3 Å². The number of fused-ring (bicyclic) bond motifs is 1. The maximum atomic E-state index is 13.3. The van der Waals surface area contributed by atoms with Crippen LogP contribution in [0, 0.1) is 18.8 Å². The summed E-state index contributed by atoms with van der Waals surface area (Å²) in [5.41, 5.74) is 4.90. The van der Waals surface area contributed by atoms with Crippen LogP contribution >= 0.6 is 11.6 Å². The summed E-state index contributed by atoms with van der Waals surface area (Å²) in [6.45, 7) is 5.56. The third-order valence-corrected chi connectivity index (χ3v) is 6.22. The minimum Gasteiger partial charge on any atom is -0.490 e. The molecule has 0 aliphatic rings. The minimum atomic E-state index is -0.463. The average Bonchev–Trinajstić information content (AvgIpc) is 3.27. The van der Waals surface area contributed by atoms with Crippen LogP contribution in [0.5, 0.6) is 5.75 Å². The van der Waals surface area contributed by atoms with E-state index < -0.39 is 6.04 Å². The second-order valence-corrected chi connectivity index (χ2v) is 9.42. The highest BCUT2D eigenvalue weighted by molar-refractivity contribution is 6.31. The lowest BCUT2D eigenvalue weighted by Crippen LogP contribution is -2.39. The van der Waals surface area contributed by atoms with Gasteiger partial charge in [0.05, 0.1) is 24.3 Å². The van der Waals surface area contributed by atoms with E-state index >= 15 is 0 Å². The zero-order chi connectivity index (χ0) is 25.7. The van der Waals surface area contributed by atoms with Gasteiger partial charge in [0, 0.05) is 33.2 Å². The van der Waals surface area contributed by atoms with Gasteiger partial charge >= 0.3 is 0 Å². The van der Waals surface area contributed by atoms with Crippen LogP contribution in [0.25, 0.3) is 10.9 Å². The van der Waals surface area contributed by atoms with Gasteiger partial charge in [0.15, 0.2) is 0 Å². The van der Waals surface area contributed by atoms with Crippen molar-refractivity contribution in [3.05, 3.63) is 99.7 Å². The summed E-state index contributed by atoms with van der Waals surface area (Å²) in [4.78, 5) is 16.6. The molecule has 0 fully saturated rings. The second-order valence-electron chi connectivity index (χ2n) is 9.01. The molecule has 0 aliphatic carbocycles. The smallest absolute Gasteiger partial charge is 0.255 e. The number of rotatable bonds is 7. The molecular weight excluding hydrogens is 472 g/mol. The van der Waals surface area contributed by atoms with Crippen molar-refractivity contribution in [3.8, 4) is 17.6 Å². The van der Waals surface area contributed by atoms with Crippen molar-refractivity contribution < 1.29 is 14.6 Å². The number of carbonyl (C=O) groups is 1. The van der Waals surface area contributed by atoms with Crippen molar-refractivity contribution in [3.63, 3.8) is 0 Å². The normalized spacial score (nSPS) is 11.7. The molecule has 184 valence electrons. The van der Waals surface area contributed by atoms with Crippen molar-refractivity contribution >= 4 is 28.4 Å². The van der Waals surface area contributed by atoms with Crippen LogP contribution in [0.4, 0.5) is 0 Å². The van der Waals surface area contributed by atoms with E-state index in [1.165, 1.54) is 0 Å². The topological polar surface area (TPSA) is 74.3 Å². The number of halogens is 1. The number of aromatic amines is 1. The van der Waals surface area contributed by atoms with E-state index in [0.29, 0.717) is 28.3 Å². The molecule has 1 amide bonds. The molecule has 0 radical (unpaired) electrons. The van der Waals surface area contributed by atoms with Crippen molar-refractivity contribution in [1.82, 2.24) is 10.3 Å². The Morgan fingerprint density at radius 2 is 1.81 bits per heavy atom. The van der Waals surface area contributed by atoms with Crippen molar-refractivity contribution in [2.24, 2.45) is 0 Å². The molecule has 0 aliphatic heterocycles. The van der Waals surface area contributed by atoms with E-state index in [9.17, 15) is 9.90 Å². The van der Waals surface area contributed by atoms with E-state index in [-0.39, 0.29) is 18.6 Å². The summed E-state index contributed by atoms with van der Waals surface area (Å²) in [6, 6.07) is 18.4. The molecule has 0 bridgehead atoms. The minimum absolute atomic E-state index is 0.106. The summed E-state index contributed by atoms with van der Waals surface area (Å²) in [5, 5.41) is 14.8. The number of para-hydroxylation sites is 1. The van der Waals surface area contributed by atoms with E-state index in [4.69, 9.17) is 16.3 Å². The molecular formula is C30H29ClN2O3. The van der Waals surface area contributed by atoms with Crippen LogP contribution in [0.2, 0.25) is 5.02 Å². The van der Waals surface area contributed by atoms with Crippen LogP contribution in [0.3, 0.4) is 0 Å². The zero-order valence-corrected chi connectivity index (χ0v) is 21.3. The number of aliphatic hydroxyl groups is 1. The monoisotopic (exact) mass is 500 g/mol. The SMILES string of the molecule is Cc1cc(C#Cc2ccc(OC(C)C)c(C(=O)N[C@@H](CO)Cc3c[nH]c4ccccc34)c2)ccc1Cl. The van der Waals surface area contributed by atoms with Gasteiger partial charge in [0.1, 0.15) is 5.75 Å². The van der Waals surface area contributed by atoms with Gasteiger partial charge < -0.3 is 20.1 Å². The maximum absolute atomic E-state index is 13.3. The molecule has 6 heteroatoms. The van der Waals surface area contributed by atoms with Gasteiger partial charge in [-0.05, 0) is 80.8 Å². The van der Waals surface area contributed by atoms with Crippen LogP contribution in [-0.2, 0) is 6.42 Å². The molecule has 0 unspecified atom stereocenters. The molecule has 0 saturated carbocycles. The van der Waals surface area contributed by atoms with Gasteiger partial charge in [-0.25, -0.2) is 0 Å². The first kappa shape index (κ1) is 25.4. The highest BCUT2D eigenvalue weighted by atomic mass is 35.5. The molecule has 3 N–H and O–H groups in total. The number of aromatic nitrogens is 1. The molecule has 0 spiro atoms. The fourth-order valence-electron chi connectivity index (χ4n) is 4.00. The summed E-state index contributed by atoms with van der Waals surface area (Å²) in [7, 11) is 0. The number of benzene rings is 3. The Labute approximate surface area is 216 Å². The number of hydrogen-bond donors (Lipinski definition) is 3. The third kappa shape index (κ3) is 6.09. The highest BCUT2D eigenvalue weighted by Crippen LogP contribution is 2.23. The third-order valence-electron chi connectivity index (χ3n) is 5.79. The number of H-pyrrole nitrogens is 1. The summed E-state index contributed by atoms with van der Waals surface area (Å²) < 4.78 is 5.90. The van der Waals surface area contributed by atoms with E-state index in [0.717, 1.165) is 27.6 Å². The Kier molecular flexibility index (Phi) is 8.00. The van der Waals surface area contributed by atoms with Crippen LogP contribution in [0.1, 0.15) is 46.5 Å². The maximum Gasteiger partial charge on any atom is 0.255 e. The lowest BCUT2D eigenvalue weighted by atomic mass is 10.0. The van der Waals surface area contributed by atoms with E-state index in [1.807, 2.05) is 75.5 Å². The summed E-state index contributed by atoms with van der Waals surface area (Å²) in [5.74, 6) is 6.40. The first-order chi connectivity index (χ1) is 17.3. The largest absolute Gasteiger partial charge is 0.490 e. The van der Waals surface area contributed by atoms with Gasteiger partial charge in [-0.2, -0.15) is 0 Å². The predicted molar refractivity (Wildman–Crippen MR) is 145 cm³/mol. The molecule has 3 aromatic carbocycles. The van der Waals surface area contributed by atoms with Gasteiger partial charge in [0.2, 0.25) is 0 Å². The van der Waals surface area contributed by atoms with Crippen LogP contribution in [-0.4, -0.2) is 34.8 Å². The van der Waals surface area contributed by atoms with Gasteiger partial charge in [-0.15, -0.1) is 0 Å². The number of hydrogen-bond acceptors (Lipinski definition) is 3. The van der Waals surface area contributed by atoms with Gasteiger partial charge in [0.25, 0.3) is 5.91 Å². The lowest BCUT2D eigenvalue weighted by Gasteiger charge is -2.19. The quantitative estimate of drug-likeness (QED) is 0.287. The first-order valence-electron chi connectivity index (χ1n) is 11.9. The molecule has 4 rings (SSSR count).